The zero-order valence-electron chi connectivity index (χ0n) is 14.0. The van der Waals surface area contributed by atoms with Gasteiger partial charge < -0.3 is 5.32 Å². The van der Waals surface area contributed by atoms with Gasteiger partial charge in [0.25, 0.3) is 0 Å². The zero-order chi connectivity index (χ0) is 17.2. The van der Waals surface area contributed by atoms with Gasteiger partial charge in [0.15, 0.2) is 5.13 Å². The van der Waals surface area contributed by atoms with E-state index in [2.05, 4.69) is 33.5 Å². The summed E-state index contributed by atoms with van der Waals surface area (Å²) in [5.74, 6) is -0.0726. The highest BCUT2D eigenvalue weighted by Crippen LogP contribution is 2.29. The van der Waals surface area contributed by atoms with Crippen LogP contribution in [0.3, 0.4) is 0 Å². The van der Waals surface area contributed by atoms with Crippen molar-refractivity contribution in [1.82, 2.24) is 9.97 Å². The van der Waals surface area contributed by atoms with Crippen molar-refractivity contribution < 1.29 is 4.79 Å². The van der Waals surface area contributed by atoms with Gasteiger partial charge in [-0.15, -0.1) is 22.7 Å². The monoisotopic (exact) mass is 369 g/mol. The van der Waals surface area contributed by atoms with Gasteiger partial charge in [-0.05, 0) is 49.8 Å². The zero-order valence-corrected chi connectivity index (χ0v) is 15.7. The molecule has 3 aromatic rings. The maximum Gasteiger partial charge on any atom is 0.232 e. The molecule has 1 aromatic carbocycles. The fraction of sp³-hybridized carbons (Fsp3) is 0.316. The van der Waals surface area contributed by atoms with Gasteiger partial charge in [-0.1, -0.05) is 12.1 Å². The Morgan fingerprint density at radius 3 is 2.76 bits per heavy atom. The van der Waals surface area contributed by atoms with E-state index in [0.29, 0.717) is 5.13 Å². The molecule has 1 aliphatic carbocycles. The lowest BCUT2D eigenvalue weighted by molar-refractivity contribution is -0.115. The Morgan fingerprint density at radius 1 is 1.12 bits per heavy atom. The van der Waals surface area contributed by atoms with E-state index in [1.165, 1.54) is 41.7 Å². The number of anilines is 1. The molecular formula is C19H19N3OS2. The number of thiazole rings is 2. The molecule has 0 bridgehead atoms. The highest BCUT2D eigenvalue weighted by molar-refractivity contribution is 7.14. The number of fused-ring (bicyclic) bond motifs is 1. The lowest BCUT2D eigenvalue weighted by Gasteiger charge is -2.16. The largest absolute Gasteiger partial charge is 0.302 e. The van der Waals surface area contributed by atoms with Crippen molar-refractivity contribution in [2.75, 3.05) is 5.32 Å². The lowest BCUT2D eigenvalue weighted by atomic mass is 9.90. The summed E-state index contributed by atoms with van der Waals surface area (Å²) in [6, 6.07) is 6.63. The molecular weight excluding hydrogens is 350 g/mol. The van der Waals surface area contributed by atoms with Crippen LogP contribution in [0, 0.1) is 6.92 Å². The number of nitrogens with zero attached hydrogens (tertiary/aromatic N) is 2. The number of aromatic nitrogens is 2. The first-order valence-electron chi connectivity index (χ1n) is 8.46. The molecule has 4 rings (SSSR count). The summed E-state index contributed by atoms with van der Waals surface area (Å²) in [5, 5.41) is 8.44. The Kier molecular flexibility index (Phi) is 4.63. The highest BCUT2D eigenvalue weighted by atomic mass is 32.1. The van der Waals surface area contributed by atoms with Crippen LogP contribution in [0.1, 0.15) is 34.7 Å². The van der Waals surface area contributed by atoms with E-state index in [9.17, 15) is 4.79 Å². The molecule has 1 amide bonds. The summed E-state index contributed by atoms with van der Waals surface area (Å²) in [5.41, 5.74) is 5.79. The minimum Gasteiger partial charge on any atom is -0.302 e. The van der Waals surface area contributed by atoms with Crippen LogP contribution >= 0.6 is 22.7 Å². The van der Waals surface area contributed by atoms with Gasteiger partial charge in [0.05, 0.1) is 22.8 Å². The maximum absolute atomic E-state index is 12.1. The SMILES string of the molecule is Cc1nc(CC(=O)Nc2nc(-c3ccc4c(c3)CCCC4)cs2)cs1. The van der Waals surface area contributed by atoms with Gasteiger partial charge in [-0.3, -0.25) is 4.79 Å². The summed E-state index contributed by atoms with van der Waals surface area (Å²) >= 11 is 3.03. The average Bonchev–Trinajstić information content (AvgIpc) is 3.23. The molecule has 0 spiro atoms. The quantitative estimate of drug-likeness (QED) is 0.729. The smallest absolute Gasteiger partial charge is 0.232 e. The summed E-state index contributed by atoms with van der Waals surface area (Å²) in [6.45, 7) is 1.94. The van der Waals surface area contributed by atoms with Gasteiger partial charge in [0.2, 0.25) is 5.91 Å². The minimum absolute atomic E-state index is 0.0726. The number of amides is 1. The molecule has 128 valence electrons. The predicted octanol–water partition coefficient (Wildman–Crippen LogP) is 4.64. The Bertz CT molecular complexity index is 913. The fourth-order valence-corrected chi connectivity index (χ4v) is 4.52. The van der Waals surface area contributed by atoms with Crippen molar-refractivity contribution in [2.24, 2.45) is 0 Å². The van der Waals surface area contributed by atoms with Crippen LogP contribution < -0.4 is 5.32 Å². The third-order valence-electron chi connectivity index (χ3n) is 4.40. The second kappa shape index (κ2) is 7.06. The Balaban J connectivity index is 1.45. The molecule has 0 aliphatic heterocycles. The summed E-state index contributed by atoms with van der Waals surface area (Å²) in [7, 11) is 0. The predicted molar refractivity (Wildman–Crippen MR) is 103 cm³/mol. The van der Waals surface area contributed by atoms with Gasteiger partial charge in [-0.25, -0.2) is 9.97 Å². The van der Waals surface area contributed by atoms with Crippen LogP contribution in [0.5, 0.6) is 0 Å². The molecule has 6 heteroatoms. The van der Waals surface area contributed by atoms with Gasteiger partial charge >= 0.3 is 0 Å². The first-order valence-corrected chi connectivity index (χ1v) is 10.2. The number of rotatable bonds is 4. The van der Waals surface area contributed by atoms with Gasteiger partial charge in [0.1, 0.15) is 0 Å². The second-order valence-corrected chi connectivity index (χ2v) is 8.23. The van der Waals surface area contributed by atoms with E-state index >= 15 is 0 Å². The molecule has 0 unspecified atom stereocenters. The molecule has 2 aromatic heterocycles. The number of hydrogen-bond donors (Lipinski definition) is 1. The standard InChI is InChI=1S/C19H19N3OS2/c1-12-20-16(10-24-12)9-18(23)22-19-21-17(11-25-19)15-7-6-13-4-2-3-5-14(13)8-15/h6-8,10-11H,2-5,9H2,1H3,(H,21,22,23). The molecule has 1 aliphatic rings. The first kappa shape index (κ1) is 16.4. The third kappa shape index (κ3) is 3.80. The molecule has 4 nitrogen and oxygen atoms in total. The molecule has 0 radical (unpaired) electrons. The molecule has 0 fully saturated rings. The molecule has 1 N–H and O–H groups in total. The lowest BCUT2D eigenvalue weighted by Crippen LogP contribution is -2.14. The third-order valence-corrected chi connectivity index (χ3v) is 5.98. The van der Waals surface area contributed by atoms with E-state index in [0.717, 1.165) is 28.4 Å². The van der Waals surface area contributed by atoms with Crippen LogP contribution in [0.4, 0.5) is 5.13 Å². The van der Waals surface area contributed by atoms with Crippen LogP contribution in [0.25, 0.3) is 11.3 Å². The number of carbonyl (C=O) groups excluding carboxylic acids is 1. The van der Waals surface area contributed by atoms with Crippen LogP contribution in [0.15, 0.2) is 29.0 Å². The number of aryl methyl sites for hydroxylation is 3. The summed E-state index contributed by atoms with van der Waals surface area (Å²) in [6.07, 6.45) is 5.19. The van der Waals surface area contributed by atoms with E-state index in [-0.39, 0.29) is 12.3 Å². The van der Waals surface area contributed by atoms with Gasteiger partial charge in [-0.2, -0.15) is 0 Å². The molecule has 0 atom stereocenters. The first-order chi connectivity index (χ1) is 12.2. The fourth-order valence-electron chi connectivity index (χ4n) is 3.17. The van der Waals surface area contributed by atoms with Crippen molar-refractivity contribution in [3.8, 4) is 11.3 Å². The van der Waals surface area contributed by atoms with Crippen molar-refractivity contribution in [1.29, 1.82) is 0 Å². The van der Waals surface area contributed by atoms with Gasteiger partial charge in [0, 0.05) is 16.3 Å². The van der Waals surface area contributed by atoms with Crippen molar-refractivity contribution in [2.45, 2.75) is 39.0 Å². The van der Waals surface area contributed by atoms with E-state index in [1.54, 1.807) is 11.3 Å². The average molecular weight is 370 g/mol. The molecule has 0 saturated carbocycles. The van der Waals surface area contributed by atoms with Crippen molar-refractivity contribution >= 4 is 33.7 Å². The summed E-state index contributed by atoms with van der Waals surface area (Å²) in [4.78, 5) is 21.1. The number of nitrogens with one attached hydrogen (secondary N) is 1. The summed E-state index contributed by atoms with van der Waals surface area (Å²) < 4.78 is 0. The van der Waals surface area contributed by atoms with E-state index < -0.39 is 0 Å². The Hall–Kier alpha value is -2.05. The Morgan fingerprint density at radius 2 is 1.96 bits per heavy atom. The van der Waals surface area contributed by atoms with Crippen LogP contribution in [-0.2, 0) is 24.1 Å². The number of benzene rings is 1. The number of carbonyl (C=O) groups is 1. The molecule has 25 heavy (non-hydrogen) atoms. The topological polar surface area (TPSA) is 54.9 Å². The highest BCUT2D eigenvalue weighted by Gasteiger charge is 2.13. The second-order valence-electron chi connectivity index (χ2n) is 6.31. The normalized spacial score (nSPS) is 13.5. The van der Waals surface area contributed by atoms with Crippen LogP contribution in [0.2, 0.25) is 0 Å². The van der Waals surface area contributed by atoms with Crippen LogP contribution in [-0.4, -0.2) is 15.9 Å². The minimum atomic E-state index is -0.0726. The molecule has 0 saturated heterocycles. The van der Waals surface area contributed by atoms with E-state index in [1.807, 2.05) is 17.7 Å². The van der Waals surface area contributed by atoms with E-state index in [4.69, 9.17) is 0 Å². The maximum atomic E-state index is 12.1. The Labute approximate surface area is 155 Å². The number of hydrogen-bond acceptors (Lipinski definition) is 5. The van der Waals surface area contributed by atoms with Crippen molar-refractivity contribution in [3.63, 3.8) is 0 Å². The van der Waals surface area contributed by atoms with Crippen molar-refractivity contribution in [3.05, 3.63) is 50.8 Å². The molecule has 2 heterocycles.